The summed E-state index contributed by atoms with van der Waals surface area (Å²) in [6.45, 7) is 9.13. The molecule has 1 spiro atoms. The molecule has 2 saturated heterocycles. The molecule has 2 aromatic rings. The number of rotatable bonds is 7. The molecule has 0 saturated carbocycles. The van der Waals surface area contributed by atoms with E-state index >= 15 is 0 Å². The van der Waals surface area contributed by atoms with Crippen LogP contribution in [0, 0.1) is 6.92 Å². The van der Waals surface area contributed by atoms with Gasteiger partial charge in [-0.3, -0.25) is 19.5 Å². The SMILES string of the molecule is Cc1cc(C(=O)N2CCN(C(C)C)CC2)ccc1C=CS(=O)(=O)N1CCC2(CC1)N=C(c1cccc(OC(F)(F)F)c1)NC2=O. The van der Waals surface area contributed by atoms with Gasteiger partial charge in [0.15, 0.2) is 0 Å². The van der Waals surface area contributed by atoms with Gasteiger partial charge in [-0.2, -0.15) is 4.31 Å². The molecule has 2 fully saturated rings. The second-order valence-electron chi connectivity index (χ2n) is 11.8. The number of benzene rings is 2. The van der Waals surface area contributed by atoms with Crippen LogP contribution < -0.4 is 10.1 Å². The smallest absolute Gasteiger partial charge is 0.406 e. The van der Waals surface area contributed by atoms with Crippen LogP contribution in [0.15, 0.2) is 52.9 Å². The van der Waals surface area contributed by atoms with Crippen molar-refractivity contribution >= 4 is 33.7 Å². The number of nitrogens with one attached hydrogen (secondary N) is 1. The van der Waals surface area contributed by atoms with Gasteiger partial charge in [-0.05, 0) is 75.1 Å². The van der Waals surface area contributed by atoms with E-state index in [1.54, 1.807) is 18.2 Å². The molecule has 2 amide bonds. The number of carbonyl (C=O) groups excluding carboxylic acids is 2. The minimum absolute atomic E-state index is 0.0323. The van der Waals surface area contributed by atoms with Crippen molar-refractivity contribution in [2.45, 2.75) is 51.6 Å². The lowest BCUT2D eigenvalue weighted by Gasteiger charge is -2.37. The number of sulfonamides is 1. The van der Waals surface area contributed by atoms with Crippen LogP contribution in [0.2, 0.25) is 0 Å². The molecule has 0 aromatic heterocycles. The van der Waals surface area contributed by atoms with E-state index in [1.807, 2.05) is 11.8 Å². The second-order valence-corrected chi connectivity index (χ2v) is 13.6. The fourth-order valence-electron chi connectivity index (χ4n) is 5.81. The molecular weight excluding hydrogens is 611 g/mol. The third kappa shape index (κ3) is 7.39. The first kappa shape index (κ1) is 32.6. The molecule has 0 atom stereocenters. The highest BCUT2D eigenvalue weighted by atomic mass is 32.2. The maximum atomic E-state index is 13.2. The molecule has 3 aliphatic rings. The number of hydrogen-bond donors (Lipinski definition) is 1. The molecule has 45 heavy (non-hydrogen) atoms. The van der Waals surface area contributed by atoms with E-state index in [0.29, 0.717) is 30.3 Å². The lowest BCUT2D eigenvalue weighted by Crippen LogP contribution is -2.50. The van der Waals surface area contributed by atoms with E-state index in [4.69, 9.17) is 0 Å². The molecular formula is C31H36F3N5O5S. The predicted octanol–water partition coefficient (Wildman–Crippen LogP) is 3.77. The summed E-state index contributed by atoms with van der Waals surface area (Å²) < 4.78 is 69.5. The van der Waals surface area contributed by atoms with E-state index in [0.717, 1.165) is 36.2 Å². The minimum atomic E-state index is -4.86. The van der Waals surface area contributed by atoms with Crippen molar-refractivity contribution in [3.05, 3.63) is 70.1 Å². The van der Waals surface area contributed by atoms with Crippen LogP contribution in [0.25, 0.3) is 6.08 Å². The highest BCUT2D eigenvalue weighted by molar-refractivity contribution is 7.92. The summed E-state index contributed by atoms with van der Waals surface area (Å²) in [4.78, 5) is 34.7. The topological polar surface area (TPSA) is 112 Å². The fraction of sp³-hybridized carbons (Fsp3) is 0.452. The Morgan fingerprint density at radius 1 is 1.04 bits per heavy atom. The number of piperidine rings is 1. The van der Waals surface area contributed by atoms with Crippen molar-refractivity contribution in [2.75, 3.05) is 39.3 Å². The second kappa shape index (κ2) is 12.6. The van der Waals surface area contributed by atoms with Crippen LogP contribution in [-0.4, -0.2) is 97.4 Å². The summed E-state index contributed by atoms with van der Waals surface area (Å²) in [5.74, 6) is -0.809. The molecule has 0 bridgehead atoms. The number of hydrogen-bond acceptors (Lipinski definition) is 7. The third-order valence-corrected chi connectivity index (χ3v) is 10.1. The van der Waals surface area contributed by atoms with Gasteiger partial charge in [0, 0.05) is 61.8 Å². The molecule has 0 aliphatic carbocycles. The Kier molecular flexibility index (Phi) is 9.11. The van der Waals surface area contributed by atoms with Crippen LogP contribution in [0.3, 0.4) is 0 Å². The average Bonchev–Trinajstić information content (AvgIpc) is 3.30. The van der Waals surface area contributed by atoms with Gasteiger partial charge in [-0.1, -0.05) is 18.2 Å². The largest absolute Gasteiger partial charge is 0.573 e. The Hall–Kier alpha value is -3.75. The van der Waals surface area contributed by atoms with Gasteiger partial charge >= 0.3 is 6.36 Å². The fourth-order valence-corrected chi connectivity index (χ4v) is 6.99. The Bertz CT molecular complexity index is 1620. The average molecular weight is 648 g/mol. The number of aryl methyl sites for hydroxylation is 1. The quantitative estimate of drug-likeness (QED) is 0.490. The van der Waals surface area contributed by atoms with Crippen molar-refractivity contribution in [3.8, 4) is 5.75 Å². The lowest BCUT2D eigenvalue weighted by molar-refractivity contribution is -0.274. The number of carbonyl (C=O) groups is 2. The minimum Gasteiger partial charge on any atom is -0.406 e. The number of piperazine rings is 1. The predicted molar refractivity (Wildman–Crippen MR) is 163 cm³/mol. The van der Waals surface area contributed by atoms with Crippen LogP contribution >= 0.6 is 0 Å². The van der Waals surface area contributed by atoms with Crippen molar-refractivity contribution in [3.63, 3.8) is 0 Å². The van der Waals surface area contributed by atoms with Gasteiger partial charge in [0.05, 0.1) is 0 Å². The normalized spacial score (nSPS) is 19.8. The highest BCUT2D eigenvalue weighted by Crippen LogP contribution is 2.33. The van der Waals surface area contributed by atoms with E-state index in [-0.39, 0.29) is 43.2 Å². The van der Waals surface area contributed by atoms with Crippen LogP contribution in [0.1, 0.15) is 53.7 Å². The zero-order valence-corrected chi connectivity index (χ0v) is 26.1. The zero-order chi connectivity index (χ0) is 32.6. The Balaban J connectivity index is 1.21. The highest BCUT2D eigenvalue weighted by Gasteiger charge is 2.47. The summed E-state index contributed by atoms with van der Waals surface area (Å²) in [7, 11) is -3.84. The van der Waals surface area contributed by atoms with Crippen molar-refractivity contribution in [1.82, 2.24) is 19.4 Å². The first-order chi connectivity index (χ1) is 21.2. The van der Waals surface area contributed by atoms with Gasteiger partial charge in [0.25, 0.3) is 11.8 Å². The molecule has 0 radical (unpaired) electrons. The van der Waals surface area contributed by atoms with Crippen molar-refractivity contribution in [1.29, 1.82) is 0 Å². The summed E-state index contributed by atoms with van der Waals surface area (Å²) in [5, 5.41) is 3.75. The Morgan fingerprint density at radius 3 is 2.36 bits per heavy atom. The monoisotopic (exact) mass is 647 g/mol. The molecule has 1 N–H and O–H groups in total. The molecule has 3 heterocycles. The van der Waals surface area contributed by atoms with Crippen LogP contribution in [0.4, 0.5) is 13.2 Å². The number of ether oxygens (including phenoxy) is 1. The van der Waals surface area contributed by atoms with Gasteiger partial charge in [-0.25, -0.2) is 8.42 Å². The molecule has 10 nitrogen and oxygen atoms in total. The molecule has 5 rings (SSSR count). The summed E-state index contributed by atoms with van der Waals surface area (Å²) in [6.07, 6.45) is -3.15. The summed E-state index contributed by atoms with van der Waals surface area (Å²) >= 11 is 0. The molecule has 14 heteroatoms. The van der Waals surface area contributed by atoms with E-state index in [1.165, 1.54) is 22.5 Å². The number of amidine groups is 1. The van der Waals surface area contributed by atoms with Gasteiger partial charge in [0.1, 0.15) is 17.1 Å². The Labute approximate surface area is 260 Å². The standard InChI is InChI=1S/C31H36F3N5O5S/c1-21(2)37-14-16-38(17-15-37)28(40)25-8-7-23(22(3)19-25)9-18-45(42,43)39-12-10-30(11-13-39)29(41)35-27(36-30)24-5-4-6-26(20-24)44-31(32,33)34/h4-9,18-21H,10-17H2,1-3H3,(H,35,36,41). The number of amides is 2. The first-order valence-electron chi connectivity index (χ1n) is 14.8. The summed E-state index contributed by atoms with van der Waals surface area (Å²) in [5.41, 5.74) is 1.01. The van der Waals surface area contributed by atoms with E-state index < -0.39 is 33.6 Å². The van der Waals surface area contributed by atoms with Gasteiger partial charge in [0.2, 0.25) is 10.0 Å². The van der Waals surface area contributed by atoms with Crippen molar-refractivity contribution < 1.29 is 35.9 Å². The number of halogens is 3. The van der Waals surface area contributed by atoms with Crippen LogP contribution in [0.5, 0.6) is 5.75 Å². The number of alkyl halides is 3. The maximum Gasteiger partial charge on any atom is 0.573 e. The molecule has 3 aliphatic heterocycles. The maximum absolute atomic E-state index is 13.2. The molecule has 242 valence electrons. The molecule has 0 unspecified atom stereocenters. The third-order valence-electron chi connectivity index (χ3n) is 8.50. The first-order valence-corrected chi connectivity index (χ1v) is 16.3. The van der Waals surface area contributed by atoms with E-state index in [2.05, 4.69) is 33.8 Å². The van der Waals surface area contributed by atoms with Gasteiger partial charge in [-0.15, -0.1) is 13.2 Å². The van der Waals surface area contributed by atoms with E-state index in [9.17, 15) is 31.2 Å². The Morgan fingerprint density at radius 2 is 1.73 bits per heavy atom. The zero-order valence-electron chi connectivity index (χ0n) is 25.3. The number of aliphatic imine (C=N–C) groups is 1. The van der Waals surface area contributed by atoms with Gasteiger partial charge < -0.3 is 15.0 Å². The summed E-state index contributed by atoms with van der Waals surface area (Å²) in [6, 6.07) is 10.8. The van der Waals surface area contributed by atoms with Crippen molar-refractivity contribution in [2.24, 2.45) is 4.99 Å². The van der Waals surface area contributed by atoms with Crippen LogP contribution in [-0.2, 0) is 14.8 Å². The lowest BCUT2D eigenvalue weighted by atomic mass is 9.89. The molecule has 2 aromatic carbocycles. The number of nitrogens with zero attached hydrogens (tertiary/aromatic N) is 4.